The van der Waals surface area contributed by atoms with Gasteiger partial charge in [-0.05, 0) is 72.5 Å². The Hall–Kier alpha value is -3.71. The number of rotatable bonds is 6. The third-order valence-corrected chi connectivity index (χ3v) is 11.8. The van der Waals surface area contributed by atoms with Crippen molar-refractivity contribution in [2.24, 2.45) is 8.73 Å². The number of nitrogens with zero attached hydrogens (tertiary/aromatic N) is 4. The minimum atomic E-state index is -10.5. The highest BCUT2D eigenvalue weighted by Gasteiger charge is 2.67. The number of benzene rings is 3. The van der Waals surface area contributed by atoms with Gasteiger partial charge in [-0.1, -0.05) is 43.7 Å². The van der Waals surface area contributed by atoms with Crippen LogP contribution >= 0.6 is 44.6 Å². The van der Waals surface area contributed by atoms with E-state index in [0.717, 1.165) is 60.9 Å². The Balaban J connectivity index is 1.33. The van der Waals surface area contributed by atoms with Crippen molar-refractivity contribution >= 4 is 78.4 Å². The molecule has 0 spiro atoms. The van der Waals surface area contributed by atoms with Crippen LogP contribution in [0.1, 0.15) is 11.1 Å². The van der Waals surface area contributed by atoms with E-state index in [0.29, 0.717) is 45.0 Å². The average Bonchev–Trinajstić information content (AvgIpc) is 3.78. The van der Waals surface area contributed by atoms with Gasteiger partial charge in [-0.2, -0.15) is 17.5 Å². The van der Waals surface area contributed by atoms with Gasteiger partial charge in [0.05, 0.1) is 23.1 Å². The molecule has 0 atom stereocenters. The number of thiophene rings is 2. The summed E-state index contributed by atoms with van der Waals surface area (Å²) < 4.78 is 128. The Morgan fingerprint density at radius 3 is 1.66 bits per heavy atom. The monoisotopic (exact) mass is 748 g/mol. The molecule has 0 fully saturated rings. The van der Waals surface area contributed by atoms with Crippen LogP contribution in [-0.2, 0) is 11.4 Å². The standard InChI is InChI=1S/C29H16F8N4OS5/c1-13-3-4-15(11-14(13)2)18-6-8-20(43-18)23-25-27(40-45-38-25)24(28-26(23)39-46-41-28)21-9-7-19(44-21)16-5-10-22(47(33,34,35,36)37)17(12-16)42-29(30,31)32/h3-12H,1-2H3. The fraction of sp³-hybridized carbons (Fsp3) is 0.103. The Morgan fingerprint density at radius 2 is 1.15 bits per heavy atom. The molecular formula is C29H16F8N4OS5. The molecular weight excluding hydrogens is 733 g/mol. The average molecular weight is 749 g/mol. The molecule has 4 heterocycles. The summed E-state index contributed by atoms with van der Waals surface area (Å²) in [6, 6.07) is 14.2. The van der Waals surface area contributed by atoms with Gasteiger partial charge in [0.2, 0.25) is 0 Å². The molecule has 0 radical (unpaired) electrons. The first-order valence-corrected chi connectivity index (χ1v) is 18.2. The van der Waals surface area contributed by atoms with Gasteiger partial charge in [-0.15, -0.1) is 35.8 Å². The molecule has 3 aromatic carbocycles. The molecule has 0 saturated carbocycles. The van der Waals surface area contributed by atoms with Crippen LogP contribution in [0.15, 0.2) is 74.3 Å². The van der Waals surface area contributed by atoms with Crippen molar-refractivity contribution in [1.29, 1.82) is 0 Å². The zero-order chi connectivity index (χ0) is 33.6. The van der Waals surface area contributed by atoms with Crippen LogP contribution < -0.4 is 4.74 Å². The molecule has 1 aliphatic rings. The summed E-state index contributed by atoms with van der Waals surface area (Å²) in [5.74, 6) is -2.04. The fourth-order valence-electron chi connectivity index (χ4n) is 5.06. The molecule has 0 amide bonds. The van der Waals surface area contributed by atoms with Gasteiger partial charge in [0.25, 0.3) is 0 Å². The lowest BCUT2D eigenvalue weighted by Crippen LogP contribution is -2.20. The first-order chi connectivity index (χ1) is 21.9. The van der Waals surface area contributed by atoms with Crippen molar-refractivity contribution in [2.75, 3.05) is 0 Å². The van der Waals surface area contributed by atoms with E-state index < -0.39 is 27.2 Å². The summed E-state index contributed by atoms with van der Waals surface area (Å²) in [4.78, 5) is -0.146. The number of fused-ring (bicyclic) bond motifs is 2. The molecule has 244 valence electrons. The van der Waals surface area contributed by atoms with Crippen molar-refractivity contribution < 1.29 is 37.3 Å². The van der Waals surface area contributed by atoms with Crippen molar-refractivity contribution in [2.45, 2.75) is 25.1 Å². The van der Waals surface area contributed by atoms with Crippen LogP contribution in [0.2, 0.25) is 0 Å². The highest BCUT2D eigenvalue weighted by Crippen LogP contribution is 3.03. The van der Waals surface area contributed by atoms with Crippen LogP contribution in [0.5, 0.6) is 5.75 Å². The number of hydrogen-bond donors (Lipinski definition) is 0. The van der Waals surface area contributed by atoms with Crippen molar-refractivity contribution in [3.05, 3.63) is 71.8 Å². The zero-order valence-electron chi connectivity index (χ0n) is 23.5. The van der Waals surface area contributed by atoms with Gasteiger partial charge in [0.1, 0.15) is 27.3 Å². The van der Waals surface area contributed by atoms with Gasteiger partial charge in [-0.25, -0.2) is 0 Å². The minimum Gasteiger partial charge on any atom is -0.404 e. The van der Waals surface area contributed by atoms with Gasteiger partial charge in [0, 0.05) is 30.6 Å². The summed E-state index contributed by atoms with van der Waals surface area (Å²) >= 11 is 4.48. The predicted molar refractivity (Wildman–Crippen MR) is 174 cm³/mol. The Kier molecular flexibility index (Phi) is 6.88. The molecule has 6 aromatic rings. The minimum absolute atomic E-state index is 0.0928. The first-order valence-electron chi connectivity index (χ1n) is 13.2. The Morgan fingerprint density at radius 1 is 0.638 bits per heavy atom. The highest BCUT2D eigenvalue weighted by atomic mass is 32.5. The summed E-state index contributed by atoms with van der Waals surface area (Å²) in [5.41, 5.74) is 6.54. The first kappa shape index (κ1) is 31.9. The SMILES string of the molecule is Cc1ccc(-c2ccc(-c3c4c(c(-c5ccc(-c6ccc(S(F)(F)(F)(F)F)c(OC(F)(F)F)c6)s5)c5nsnc35)N=S=N4)s2)cc1C. The lowest BCUT2D eigenvalue weighted by Gasteiger charge is -2.41. The van der Waals surface area contributed by atoms with Crippen molar-refractivity contribution in [3.8, 4) is 47.5 Å². The number of ether oxygens (including phenoxy) is 1. The lowest BCUT2D eigenvalue weighted by molar-refractivity contribution is -0.275. The van der Waals surface area contributed by atoms with E-state index in [-0.39, 0.29) is 16.5 Å². The van der Waals surface area contributed by atoms with Crippen LogP contribution in [0.3, 0.4) is 0 Å². The molecule has 5 nitrogen and oxygen atoms in total. The number of aromatic nitrogens is 2. The van der Waals surface area contributed by atoms with Crippen LogP contribution in [0.25, 0.3) is 52.8 Å². The lowest BCUT2D eigenvalue weighted by atomic mass is 10.0. The predicted octanol–water partition coefficient (Wildman–Crippen LogP) is 13.4. The zero-order valence-corrected chi connectivity index (χ0v) is 27.6. The molecule has 1 aliphatic heterocycles. The molecule has 3 aromatic heterocycles. The van der Waals surface area contributed by atoms with E-state index in [1.165, 1.54) is 11.6 Å². The van der Waals surface area contributed by atoms with E-state index >= 15 is 0 Å². The van der Waals surface area contributed by atoms with Crippen molar-refractivity contribution in [1.82, 2.24) is 8.75 Å². The maximum atomic E-state index is 13.6. The van der Waals surface area contributed by atoms with E-state index in [1.54, 1.807) is 17.4 Å². The number of halogens is 8. The van der Waals surface area contributed by atoms with Gasteiger partial charge < -0.3 is 4.74 Å². The molecule has 18 heteroatoms. The van der Waals surface area contributed by atoms with Gasteiger partial charge >= 0.3 is 16.6 Å². The topological polar surface area (TPSA) is 59.7 Å². The number of alkyl halides is 3. The molecule has 0 aliphatic carbocycles. The van der Waals surface area contributed by atoms with E-state index in [9.17, 15) is 32.6 Å². The summed E-state index contributed by atoms with van der Waals surface area (Å²) in [6.07, 6.45) is -5.65. The highest BCUT2D eigenvalue weighted by molar-refractivity contribution is 8.45. The van der Waals surface area contributed by atoms with Crippen molar-refractivity contribution in [3.63, 3.8) is 0 Å². The van der Waals surface area contributed by atoms with E-state index in [1.807, 2.05) is 26.0 Å². The Bertz CT molecular complexity index is 2340. The van der Waals surface area contributed by atoms with Gasteiger partial charge in [-0.3, -0.25) is 0 Å². The molecule has 0 saturated heterocycles. The third kappa shape index (κ3) is 5.96. The molecule has 7 rings (SSSR count). The normalized spacial score (nSPS) is 14.6. The Labute approximate surface area is 276 Å². The molecule has 0 unspecified atom stereocenters. The quantitative estimate of drug-likeness (QED) is 0.159. The third-order valence-electron chi connectivity index (χ3n) is 7.29. The maximum absolute atomic E-state index is 13.6. The largest absolute Gasteiger partial charge is 0.573 e. The smallest absolute Gasteiger partial charge is 0.404 e. The summed E-state index contributed by atoms with van der Waals surface area (Å²) in [7, 11) is -10.5. The van der Waals surface area contributed by atoms with Crippen LogP contribution in [0, 0.1) is 13.8 Å². The maximum Gasteiger partial charge on any atom is 0.573 e. The molecule has 0 bridgehead atoms. The van der Waals surface area contributed by atoms with Gasteiger partial charge in [0.15, 0.2) is 5.75 Å². The molecule has 0 N–H and O–H groups in total. The van der Waals surface area contributed by atoms with Crippen LogP contribution in [-0.4, -0.2) is 15.1 Å². The second kappa shape index (κ2) is 10.1. The second-order valence-corrected chi connectivity index (χ2v) is 16.1. The second-order valence-electron chi connectivity index (χ2n) is 10.5. The van der Waals surface area contributed by atoms with E-state index in [2.05, 4.69) is 40.4 Å². The number of hydrogen-bond acceptors (Lipinski definition) is 8. The van der Waals surface area contributed by atoms with Crippen LogP contribution in [0.4, 0.5) is 44.0 Å². The van der Waals surface area contributed by atoms with E-state index in [4.69, 9.17) is 0 Å². The molecule has 47 heavy (non-hydrogen) atoms. The summed E-state index contributed by atoms with van der Waals surface area (Å²) in [5, 5.41) is 0. The fourth-order valence-corrected chi connectivity index (χ4v) is 9.08. The number of aryl methyl sites for hydroxylation is 2. The summed E-state index contributed by atoms with van der Waals surface area (Å²) in [6.45, 7) is 4.09.